The molecule has 0 atom stereocenters. The molecule has 1 amide bonds. The summed E-state index contributed by atoms with van der Waals surface area (Å²) in [5.41, 5.74) is 0.950. The fourth-order valence-corrected chi connectivity index (χ4v) is 3.01. The van der Waals surface area contributed by atoms with Gasteiger partial charge < -0.3 is 19.5 Å². The van der Waals surface area contributed by atoms with Crippen molar-refractivity contribution in [3.8, 4) is 17.2 Å². The van der Waals surface area contributed by atoms with E-state index >= 15 is 0 Å². The van der Waals surface area contributed by atoms with Crippen LogP contribution in [0, 0.1) is 0 Å². The molecule has 0 aromatic heterocycles. The quantitative estimate of drug-likeness (QED) is 0.367. The molecule has 2 rings (SSSR count). The lowest BCUT2D eigenvalue weighted by atomic mass is 10.1. The third-order valence-electron chi connectivity index (χ3n) is 4.09. The molecule has 2 aromatic carbocycles. The summed E-state index contributed by atoms with van der Waals surface area (Å²) in [7, 11) is 1.48. The molecular weight excluding hydrogens is 464 g/mol. The number of methoxy groups -OCH3 is 1. The molecule has 0 radical (unpaired) electrons. The molecule has 0 aliphatic rings. The molecule has 1 N–H and O–H groups in total. The molecule has 0 bridgehead atoms. The van der Waals surface area contributed by atoms with Gasteiger partial charge in [-0.1, -0.05) is 15.9 Å². The van der Waals surface area contributed by atoms with Crippen molar-refractivity contribution < 1.29 is 32.6 Å². The number of nitrogens with one attached hydrogen (secondary N) is 1. The summed E-state index contributed by atoms with van der Waals surface area (Å²) >= 11 is 3.27. The third kappa shape index (κ3) is 7.29. The first-order valence-corrected chi connectivity index (χ1v) is 9.91. The van der Waals surface area contributed by atoms with E-state index in [0.717, 1.165) is 0 Å². The minimum absolute atomic E-state index is 0.0120. The Morgan fingerprint density at radius 3 is 2.50 bits per heavy atom. The second-order valence-corrected chi connectivity index (χ2v) is 7.20. The lowest BCUT2D eigenvalue weighted by Crippen LogP contribution is -2.23. The highest BCUT2D eigenvalue weighted by molar-refractivity contribution is 9.10. The molecule has 162 valence electrons. The Balaban J connectivity index is 1.81. The molecule has 0 spiro atoms. The number of ketones is 1. The number of rotatable bonds is 11. The molecule has 0 heterocycles. The number of hydrogen-bond donors (Lipinski definition) is 1. The molecule has 0 unspecified atom stereocenters. The van der Waals surface area contributed by atoms with E-state index in [-0.39, 0.29) is 37.0 Å². The molecule has 0 aliphatic heterocycles. The average molecular weight is 486 g/mol. The zero-order valence-electron chi connectivity index (χ0n) is 16.5. The van der Waals surface area contributed by atoms with Crippen molar-refractivity contribution in [2.45, 2.75) is 32.9 Å². The van der Waals surface area contributed by atoms with Crippen molar-refractivity contribution in [1.29, 1.82) is 0 Å². The van der Waals surface area contributed by atoms with Crippen molar-refractivity contribution in [2.75, 3.05) is 13.7 Å². The standard InChI is InChI=1S/C21H22BrF2NO5/c1-13(26)14-5-7-18(19(11-14)28-2)29-9-3-4-20(27)25-12-15-10-16(22)6-8-17(15)30-21(23)24/h5-8,10-11,21H,3-4,9,12H2,1-2H3,(H,25,27). The van der Waals surface area contributed by atoms with Crippen LogP contribution in [0.3, 0.4) is 0 Å². The van der Waals surface area contributed by atoms with Crippen LogP contribution in [-0.2, 0) is 11.3 Å². The maximum absolute atomic E-state index is 12.5. The second-order valence-electron chi connectivity index (χ2n) is 6.28. The Bertz CT molecular complexity index is 892. The second kappa shape index (κ2) is 11.5. The summed E-state index contributed by atoms with van der Waals surface area (Å²) in [4.78, 5) is 23.5. The molecule has 0 aliphatic carbocycles. The normalized spacial score (nSPS) is 10.6. The molecule has 30 heavy (non-hydrogen) atoms. The van der Waals surface area contributed by atoms with Crippen LogP contribution in [0.25, 0.3) is 0 Å². The van der Waals surface area contributed by atoms with Gasteiger partial charge in [0.2, 0.25) is 5.91 Å². The number of amides is 1. The Kier molecular flexibility index (Phi) is 9.04. The first-order chi connectivity index (χ1) is 14.3. The van der Waals surface area contributed by atoms with Crippen LogP contribution in [0.15, 0.2) is 40.9 Å². The summed E-state index contributed by atoms with van der Waals surface area (Å²) < 4.78 is 41.0. The van der Waals surface area contributed by atoms with Crippen LogP contribution in [0.4, 0.5) is 8.78 Å². The van der Waals surface area contributed by atoms with Gasteiger partial charge in [-0.05, 0) is 49.7 Å². The fourth-order valence-electron chi connectivity index (χ4n) is 2.60. The smallest absolute Gasteiger partial charge is 0.387 e. The predicted octanol–water partition coefficient (Wildman–Crippen LogP) is 4.74. The molecule has 0 saturated carbocycles. The largest absolute Gasteiger partial charge is 0.493 e. The summed E-state index contributed by atoms with van der Waals surface area (Å²) in [5.74, 6) is 0.599. The number of carbonyl (C=O) groups is 2. The summed E-state index contributed by atoms with van der Waals surface area (Å²) in [6.45, 7) is -1.16. The minimum Gasteiger partial charge on any atom is -0.493 e. The highest BCUT2D eigenvalue weighted by atomic mass is 79.9. The zero-order chi connectivity index (χ0) is 22.1. The number of benzene rings is 2. The van der Waals surface area contributed by atoms with Crippen LogP contribution in [0.1, 0.15) is 35.7 Å². The number of alkyl halides is 2. The monoisotopic (exact) mass is 485 g/mol. The van der Waals surface area contributed by atoms with E-state index in [1.165, 1.54) is 20.1 Å². The number of carbonyl (C=O) groups excluding carboxylic acids is 2. The maximum atomic E-state index is 12.5. The first-order valence-electron chi connectivity index (χ1n) is 9.12. The summed E-state index contributed by atoms with van der Waals surface area (Å²) in [5, 5.41) is 2.68. The Hall–Kier alpha value is -2.68. The van der Waals surface area contributed by atoms with E-state index in [4.69, 9.17) is 9.47 Å². The van der Waals surface area contributed by atoms with Crippen molar-refractivity contribution in [3.63, 3.8) is 0 Å². The Morgan fingerprint density at radius 1 is 1.10 bits per heavy atom. The van der Waals surface area contributed by atoms with Crippen LogP contribution >= 0.6 is 15.9 Å². The lowest BCUT2D eigenvalue weighted by Gasteiger charge is -2.13. The molecule has 9 heteroatoms. The van der Waals surface area contributed by atoms with E-state index in [1.54, 1.807) is 30.3 Å². The van der Waals surface area contributed by atoms with Crippen molar-refractivity contribution >= 4 is 27.6 Å². The van der Waals surface area contributed by atoms with Gasteiger partial charge in [-0.15, -0.1) is 0 Å². The van der Waals surface area contributed by atoms with Gasteiger partial charge in [0.15, 0.2) is 17.3 Å². The molecule has 6 nitrogen and oxygen atoms in total. The van der Waals surface area contributed by atoms with E-state index in [9.17, 15) is 18.4 Å². The van der Waals surface area contributed by atoms with E-state index < -0.39 is 6.61 Å². The zero-order valence-corrected chi connectivity index (χ0v) is 18.1. The number of Topliss-reactive ketones (excluding diaryl/α,β-unsaturated/α-hetero) is 1. The molecular formula is C21H22BrF2NO5. The summed E-state index contributed by atoms with van der Waals surface area (Å²) in [6, 6.07) is 9.49. The van der Waals surface area contributed by atoms with Crippen LogP contribution < -0.4 is 19.5 Å². The van der Waals surface area contributed by atoms with Gasteiger partial charge in [-0.25, -0.2) is 0 Å². The van der Waals surface area contributed by atoms with Gasteiger partial charge in [-0.2, -0.15) is 8.78 Å². The predicted molar refractivity (Wildman–Crippen MR) is 110 cm³/mol. The average Bonchev–Trinajstić information content (AvgIpc) is 2.70. The maximum Gasteiger partial charge on any atom is 0.387 e. The van der Waals surface area contributed by atoms with Gasteiger partial charge in [0.05, 0.1) is 13.7 Å². The van der Waals surface area contributed by atoms with Crippen LogP contribution in [0.2, 0.25) is 0 Å². The van der Waals surface area contributed by atoms with Crippen LogP contribution in [0.5, 0.6) is 17.2 Å². The van der Waals surface area contributed by atoms with Gasteiger partial charge in [0.25, 0.3) is 0 Å². The van der Waals surface area contributed by atoms with Crippen molar-refractivity contribution in [2.24, 2.45) is 0 Å². The van der Waals surface area contributed by atoms with Crippen molar-refractivity contribution in [3.05, 3.63) is 52.0 Å². The van der Waals surface area contributed by atoms with E-state index in [1.807, 2.05) is 0 Å². The highest BCUT2D eigenvalue weighted by Gasteiger charge is 2.12. The minimum atomic E-state index is -2.95. The van der Waals surface area contributed by atoms with E-state index in [0.29, 0.717) is 33.5 Å². The summed E-state index contributed by atoms with van der Waals surface area (Å²) in [6.07, 6.45) is 0.620. The van der Waals surface area contributed by atoms with Gasteiger partial charge >= 0.3 is 6.61 Å². The van der Waals surface area contributed by atoms with Gasteiger partial charge in [0.1, 0.15) is 5.75 Å². The number of ether oxygens (including phenoxy) is 3. The molecule has 0 fully saturated rings. The van der Waals surface area contributed by atoms with Crippen molar-refractivity contribution in [1.82, 2.24) is 5.32 Å². The Labute approximate surface area is 181 Å². The van der Waals surface area contributed by atoms with Crippen LogP contribution in [-0.4, -0.2) is 32.0 Å². The molecule has 0 saturated heterocycles. The highest BCUT2D eigenvalue weighted by Crippen LogP contribution is 2.28. The third-order valence-corrected chi connectivity index (χ3v) is 4.58. The Morgan fingerprint density at radius 2 is 1.83 bits per heavy atom. The fraction of sp³-hybridized carbons (Fsp3) is 0.333. The first kappa shape index (κ1) is 23.6. The van der Waals surface area contributed by atoms with Gasteiger partial charge in [-0.3, -0.25) is 9.59 Å². The molecule has 2 aromatic rings. The number of hydrogen-bond acceptors (Lipinski definition) is 5. The lowest BCUT2D eigenvalue weighted by molar-refractivity contribution is -0.121. The topological polar surface area (TPSA) is 73.9 Å². The van der Waals surface area contributed by atoms with Gasteiger partial charge in [0, 0.05) is 28.6 Å². The van der Waals surface area contributed by atoms with E-state index in [2.05, 4.69) is 26.0 Å². The SMILES string of the molecule is COc1cc(C(C)=O)ccc1OCCCC(=O)NCc1cc(Br)ccc1OC(F)F. The number of halogens is 3.